The van der Waals surface area contributed by atoms with Gasteiger partial charge >= 0.3 is 6.18 Å². The highest BCUT2D eigenvalue weighted by Gasteiger charge is 2.39. The molecule has 0 fully saturated rings. The summed E-state index contributed by atoms with van der Waals surface area (Å²) in [7, 11) is -3.22. The first-order valence-electron chi connectivity index (χ1n) is 9.46. The quantitative estimate of drug-likeness (QED) is 0.331. The zero-order valence-corrected chi connectivity index (χ0v) is 16.6. The summed E-state index contributed by atoms with van der Waals surface area (Å²) < 4.78 is 53.7. The molecule has 0 bridgehead atoms. The van der Waals surface area contributed by atoms with Crippen molar-refractivity contribution in [3.63, 3.8) is 0 Å². The van der Waals surface area contributed by atoms with E-state index in [-0.39, 0.29) is 0 Å². The van der Waals surface area contributed by atoms with Gasteiger partial charge in [0.1, 0.15) is 0 Å². The van der Waals surface area contributed by atoms with E-state index in [0.29, 0.717) is 16.2 Å². The van der Waals surface area contributed by atoms with E-state index in [9.17, 15) is 17.7 Å². The SMILES string of the molecule is O=P1(c2ccccc2)C(c2ccc(C(F)(F)F)cc2)=Cc2cc3ccccc3cc21. The minimum atomic E-state index is -4.41. The maximum absolute atomic E-state index is 14.6. The van der Waals surface area contributed by atoms with Crippen molar-refractivity contribution < 1.29 is 17.7 Å². The van der Waals surface area contributed by atoms with E-state index in [1.165, 1.54) is 12.1 Å². The molecule has 1 unspecified atom stereocenters. The van der Waals surface area contributed by atoms with Gasteiger partial charge in [-0.2, -0.15) is 13.2 Å². The maximum Gasteiger partial charge on any atom is 0.416 e. The molecule has 4 aromatic rings. The number of halogens is 3. The van der Waals surface area contributed by atoms with Gasteiger partial charge in [-0.05, 0) is 52.2 Å². The first-order valence-corrected chi connectivity index (χ1v) is 11.2. The standard InChI is InChI=1S/C25H16F3OP/c26-25(27,28)21-12-10-17(11-13-21)23-16-20-14-18-6-4-5-7-19(18)15-24(20)30(23,29)22-8-2-1-3-9-22/h1-16H. The Morgan fingerprint density at radius 1 is 0.700 bits per heavy atom. The minimum absolute atomic E-state index is 0.537. The van der Waals surface area contributed by atoms with E-state index in [0.717, 1.165) is 33.8 Å². The average molecular weight is 420 g/mol. The Bertz CT molecular complexity index is 1340. The predicted molar refractivity (Wildman–Crippen MR) is 117 cm³/mol. The molecular weight excluding hydrogens is 404 g/mol. The normalized spacial score (nSPS) is 18.3. The molecule has 1 aliphatic heterocycles. The van der Waals surface area contributed by atoms with Crippen LogP contribution in [-0.4, -0.2) is 0 Å². The lowest BCUT2D eigenvalue weighted by Crippen LogP contribution is -2.15. The third-order valence-electron chi connectivity index (χ3n) is 5.49. The first-order chi connectivity index (χ1) is 14.4. The van der Waals surface area contributed by atoms with Crippen LogP contribution in [0.2, 0.25) is 0 Å². The molecule has 5 heteroatoms. The highest BCUT2D eigenvalue weighted by atomic mass is 31.2. The van der Waals surface area contributed by atoms with Crippen molar-refractivity contribution in [2.24, 2.45) is 0 Å². The number of alkyl halides is 3. The van der Waals surface area contributed by atoms with Gasteiger partial charge in [0.2, 0.25) is 0 Å². The second-order valence-corrected chi connectivity index (χ2v) is 10.0. The molecule has 0 aliphatic carbocycles. The number of benzene rings is 4. The van der Waals surface area contributed by atoms with Crippen LogP contribution in [0.15, 0.2) is 91.0 Å². The van der Waals surface area contributed by atoms with Crippen molar-refractivity contribution in [3.8, 4) is 0 Å². The minimum Gasteiger partial charge on any atom is -0.309 e. The molecule has 5 rings (SSSR count). The van der Waals surface area contributed by atoms with Crippen LogP contribution in [0.3, 0.4) is 0 Å². The van der Waals surface area contributed by atoms with Gasteiger partial charge in [-0.3, -0.25) is 0 Å². The lowest BCUT2D eigenvalue weighted by molar-refractivity contribution is -0.137. The molecule has 4 aromatic carbocycles. The molecule has 1 heterocycles. The van der Waals surface area contributed by atoms with E-state index >= 15 is 0 Å². The van der Waals surface area contributed by atoms with Crippen LogP contribution >= 0.6 is 7.14 Å². The van der Waals surface area contributed by atoms with E-state index in [4.69, 9.17) is 0 Å². The van der Waals surface area contributed by atoms with E-state index in [1.807, 2.05) is 72.8 Å². The predicted octanol–water partition coefficient (Wildman–Crippen LogP) is 6.68. The van der Waals surface area contributed by atoms with Gasteiger partial charge in [0.25, 0.3) is 0 Å². The topological polar surface area (TPSA) is 17.1 Å². The summed E-state index contributed by atoms with van der Waals surface area (Å²) in [5.74, 6) is 0. The Morgan fingerprint density at radius 2 is 1.30 bits per heavy atom. The number of hydrogen-bond acceptors (Lipinski definition) is 1. The summed E-state index contributed by atoms with van der Waals surface area (Å²) in [5.41, 5.74) is 0.661. The molecule has 0 saturated carbocycles. The van der Waals surface area contributed by atoms with Crippen LogP contribution in [-0.2, 0) is 10.7 Å². The van der Waals surface area contributed by atoms with Crippen molar-refractivity contribution in [1.29, 1.82) is 0 Å². The molecule has 0 radical (unpaired) electrons. The van der Waals surface area contributed by atoms with Crippen LogP contribution in [0, 0.1) is 0 Å². The molecule has 0 N–H and O–H groups in total. The smallest absolute Gasteiger partial charge is 0.309 e. The van der Waals surface area contributed by atoms with Crippen LogP contribution in [0.4, 0.5) is 13.2 Å². The second-order valence-electron chi connectivity index (χ2n) is 7.31. The van der Waals surface area contributed by atoms with Gasteiger partial charge in [0.05, 0.1) is 5.56 Å². The molecule has 1 atom stereocenters. The Hall–Kier alpha value is -3.10. The van der Waals surface area contributed by atoms with E-state index in [2.05, 4.69) is 0 Å². The van der Waals surface area contributed by atoms with Gasteiger partial charge in [0, 0.05) is 15.9 Å². The first kappa shape index (κ1) is 18.9. The largest absolute Gasteiger partial charge is 0.416 e. The van der Waals surface area contributed by atoms with Crippen LogP contribution in [0.25, 0.3) is 22.2 Å². The van der Waals surface area contributed by atoms with Crippen LogP contribution in [0.5, 0.6) is 0 Å². The Morgan fingerprint density at radius 3 is 1.93 bits per heavy atom. The third kappa shape index (κ3) is 2.91. The monoisotopic (exact) mass is 420 g/mol. The van der Waals surface area contributed by atoms with Gasteiger partial charge in [0.15, 0.2) is 7.14 Å². The van der Waals surface area contributed by atoms with Crippen LogP contribution in [0.1, 0.15) is 16.7 Å². The number of hydrogen-bond donors (Lipinski definition) is 0. The molecule has 1 nitrogen and oxygen atoms in total. The Kier molecular flexibility index (Phi) is 4.23. The summed E-state index contributed by atoms with van der Waals surface area (Å²) in [5, 5.41) is 3.97. The zero-order chi connectivity index (χ0) is 20.9. The maximum atomic E-state index is 14.6. The molecule has 0 aromatic heterocycles. The highest BCUT2D eigenvalue weighted by molar-refractivity contribution is 7.88. The third-order valence-corrected chi connectivity index (χ3v) is 8.65. The number of rotatable bonds is 2. The molecule has 30 heavy (non-hydrogen) atoms. The van der Waals surface area contributed by atoms with E-state index < -0.39 is 18.9 Å². The lowest BCUT2D eigenvalue weighted by atomic mass is 10.1. The Labute approximate surface area is 171 Å². The van der Waals surface area contributed by atoms with Crippen molar-refractivity contribution in [2.45, 2.75) is 6.18 Å². The summed E-state index contributed by atoms with van der Waals surface area (Å²) in [6.45, 7) is 0. The summed E-state index contributed by atoms with van der Waals surface area (Å²) in [6.07, 6.45) is -2.55. The second kappa shape index (κ2) is 6.72. The average Bonchev–Trinajstić information content (AvgIpc) is 3.05. The van der Waals surface area contributed by atoms with Crippen molar-refractivity contribution in [1.82, 2.24) is 0 Å². The summed E-state index contributed by atoms with van der Waals surface area (Å²) >= 11 is 0. The van der Waals surface area contributed by atoms with Gasteiger partial charge in [-0.25, -0.2) is 0 Å². The molecule has 148 valence electrons. The fraction of sp³-hybridized carbons (Fsp3) is 0.0400. The summed E-state index contributed by atoms with van der Waals surface area (Å²) in [6, 6.07) is 25.9. The van der Waals surface area contributed by atoms with Crippen molar-refractivity contribution in [2.75, 3.05) is 0 Å². The fourth-order valence-corrected chi connectivity index (χ4v) is 7.07. The number of fused-ring (bicyclic) bond motifs is 2. The summed E-state index contributed by atoms with van der Waals surface area (Å²) in [4.78, 5) is 0. The van der Waals surface area contributed by atoms with Crippen molar-refractivity contribution >= 4 is 39.9 Å². The Balaban J connectivity index is 1.74. The van der Waals surface area contributed by atoms with Gasteiger partial charge in [-0.15, -0.1) is 0 Å². The highest BCUT2D eigenvalue weighted by Crippen LogP contribution is 2.61. The fourth-order valence-electron chi connectivity index (χ4n) is 4.01. The molecular formula is C25H16F3OP. The van der Waals surface area contributed by atoms with Crippen LogP contribution < -0.4 is 10.6 Å². The molecule has 1 aliphatic rings. The lowest BCUT2D eigenvalue weighted by Gasteiger charge is -2.20. The zero-order valence-electron chi connectivity index (χ0n) is 15.7. The van der Waals surface area contributed by atoms with Gasteiger partial charge in [-0.1, -0.05) is 66.7 Å². The molecule has 0 saturated heterocycles. The molecule has 0 spiro atoms. The van der Waals surface area contributed by atoms with E-state index in [1.54, 1.807) is 0 Å². The van der Waals surface area contributed by atoms with Crippen molar-refractivity contribution in [3.05, 3.63) is 108 Å². The molecule has 0 amide bonds. The van der Waals surface area contributed by atoms with Gasteiger partial charge < -0.3 is 4.57 Å².